The highest BCUT2D eigenvalue weighted by molar-refractivity contribution is 8.23. The van der Waals surface area contributed by atoms with Crippen LogP contribution in [0, 0.1) is 0 Å². The molecule has 1 heterocycles. The number of esters is 2. The molecule has 0 fully saturated rings. The first-order chi connectivity index (χ1) is 12.9. The standard InChI is InChI=1S/C19H23N2O4S2/c1-4-24-17(22)16(18(23)25-5-2)27-19(26)21(3)14-10-9-13-20(21)15-11-7-6-8-12-15/h6-14,16H,4-5H2,1-3H3/q+1. The Balaban J connectivity index is 2.28. The molecule has 6 nitrogen and oxygen atoms in total. The fourth-order valence-electron chi connectivity index (χ4n) is 2.45. The molecule has 1 unspecified atom stereocenters. The SMILES string of the molecule is CCOC(=O)C(SC(=S)[N+]1(C)C=CC=CN1c1ccccc1)C(=O)OCC. The quantitative estimate of drug-likeness (QED) is 0.310. The molecule has 1 aromatic rings. The van der Waals surface area contributed by atoms with Crippen molar-refractivity contribution in [3.8, 4) is 0 Å². The lowest BCUT2D eigenvalue weighted by Crippen LogP contribution is -2.55. The van der Waals surface area contributed by atoms with E-state index < -0.39 is 17.2 Å². The first-order valence-corrected chi connectivity index (χ1v) is 9.84. The fraction of sp³-hybridized carbons (Fsp3) is 0.316. The van der Waals surface area contributed by atoms with Crippen molar-refractivity contribution in [2.24, 2.45) is 0 Å². The summed E-state index contributed by atoms with van der Waals surface area (Å²) in [6.45, 7) is 3.72. The number of allylic oxidation sites excluding steroid dienone is 2. The van der Waals surface area contributed by atoms with Gasteiger partial charge in [-0.3, -0.25) is 9.59 Å². The molecule has 1 aromatic carbocycles. The van der Waals surface area contributed by atoms with Gasteiger partial charge in [0.15, 0.2) is 0 Å². The van der Waals surface area contributed by atoms with Gasteiger partial charge in [-0.25, -0.2) is 0 Å². The van der Waals surface area contributed by atoms with Crippen LogP contribution in [0.4, 0.5) is 5.69 Å². The predicted molar refractivity (Wildman–Crippen MR) is 111 cm³/mol. The maximum absolute atomic E-state index is 12.3. The van der Waals surface area contributed by atoms with Gasteiger partial charge in [-0.1, -0.05) is 18.2 Å². The summed E-state index contributed by atoms with van der Waals surface area (Å²) in [6, 6.07) is 9.72. The smallest absolute Gasteiger partial charge is 0.331 e. The minimum atomic E-state index is -1.16. The van der Waals surface area contributed by atoms with E-state index in [1.165, 1.54) is 0 Å². The highest BCUT2D eigenvalue weighted by Crippen LogP contribution is 2.31. The molecule has 0 spiro atoms. The Morgan fingerprint density at radius 2 is 1.70 bits per heavy atom. The molecule has 0 aliphatic carbocycles. The van der Waals surface area contributed by atoms with Crippen LogP contribution in [-0.4, -0.2) is 46.4 Å². The number of thioether (sulfide) groups is 1. The second-order valence-electron chi connectivity index (χ2n) is 5.66. The Hall–Kier alpha value is -2.16. The van der Waals surface area contributed by atoms with E-state index in [2.05, 4.69) is 0 Å². The number of benzene rings is 1. The molecule has 1 atom stereocenters. The van der Waals surface area contributed by atoms with Crippen molar-refractivity contribution < 1.29 is 23.7 Å². The topological polar surface area (TPSA) is 55.8 Å². The third kappa shape index (κ3) is 4.97. The van der Waals surface area contributed by atoms with Gasteiger partial charge in [0.05, 0.1) is 25.1 Å². The number of nitrogens with zero attached hydrogens (tertiary/aromatic N) is 2. The number of quaternary nitrogens is 1. The zero-order valence-electron chi connectivity index (χ0n) is 15.5. The van der Waals surface area contributed by atoms with Gasteiger partial charge in [0.1, 0.15) is 13.2 Å². The van der Waals surface area contributed by atoms with Crippen LogP contribution in [0.1, 0.15) is 13.8 Å². The lowest BCUT2D eigenvalue weighted by molar-refractivity contribution is -0.764. The van der Waals surface area contributed by atoms with Crippen molar-refractivity contribution in [1.82, 2.24) is 0 Å². The van der Waals surface area contributed by atoms with E-state index in [1.807, 2.05) is 66.9 Å². The van der Waals surface area contributed by atoms with Crippen molar-refractivity contribution in [2.45, 2.75) is 19.1 Å². The zero-order valence-corrected chi connectivity index (χ0v) is 17.2. The van der Waals surface area contributed by atoms with Crippen LogP contribution in [0.5, 0.6) is 0 Å². The van der Waals surface area contributed by atoms with Crippen molar-refractivity contribution in [2.75, 3.05) is 25.3 Å². The molecule has 0 radical (unpaired) electrons. The lowest BCUT2D eigenvalue weighted by atomic mass is 10.3. The molecule has 8 heteroatoms. The molecular weight excluding hydrogens is 384 g/mol. The highest BCUT2D eigenvalue weighted by Gasteiger charge is 2.41. The number of carbonyl (C=O) groups excluding carboxylic acids is 2. The summed E-state index contributed by atoms with van der Waals surface area (Å²) in [6.07, 6.45) is 7.55. The molecule has 0 bridgehead atoms. The van der Waals surface area contributed by atoms with E-state index in [0.717, 1.165) is 17.4 Å². The number of hydrogen-bond acceptors (Lipinski definition) is 7. The summed E-state index contributed by atoms with van der Waals surface area (Å²) in [5.41, 5.74) is 0.923. The van der Waals surface area contributed by atoms with Gasteiger partial charge in [-0.2, -0.15) is 5.01 Å². The summed E-state index contributed by atoms with van der Waals surface area (Å²) in [4.78, 5) is 24.6. The van der Waals surface area contributed by atoms with Crippen molar-refractivity contribution in [3.05, 3.63) is 54.9 Å². The summed E-state index contributed by atoms with van der Waals surface area (Å²) in [5.74, 6) is -1.31. The number of ether oxygens (including phenoxy) is 2. The second kappa shape index (κ2) is 9.68. The van der Waals surface area contributed by atoms with Crippen LogP contribution in [0.25, 0.3) is 0 Å². The van der Waals surface area contributed by atoms with E-state index in [-0.39, 0.29) is 17.8 Å². The minimum Gasteiger partial charge on any atom is -0.465 e. The molecule has 2 rings (SSSR count). The van der Waals surface area contributed by atoms with Crippen LogP contribution in [0.15, 0.2) is 54.9 Å². The number of para-hydroxylation sites is 1. The highest BCUT2D eigenvalue weighted by atomic mass is 32.2. The average Bonchev–Trinajstić information content (AvgIpc) is 2.67. The largest absolute Gasteiger partial charge is 0.465 e. The Bertz CT molecular complexity index is 733. The van der Waals surface area contributed by atoms with Gasteiger partial charge in [0.2, 0.25) is 5.25 Å². The molecule has 27 heavy (non-hydrogen) atoms. The summed E-state index contributed by atoms with van der Waals surface area (Å²) in [7, 11) is 1.88. The van der Waals surface area contributed by atoms with Crippen molar-refractivity contribution in [1.29, 1.82) is 0 Å². The molecular formula is C19H23N2O4S2+. The van der Waals surface area contributed by atoms with Crippen LogP contribution < -0.4 is 5.01 Å². The Morgan fingerprint density at radius 3 is 2.26 bits per heavy atom. The molecule has 144 valence electrons. The van der Waals surface area contributed by atoms with Crippen LogP contribution in [-0.2, 0) is 19.1 Å². The second-order valence-corrected chi connectivity index (χ2v) is 7.40. The van der Waals surface area contributed by atoms with Crippen molar-refractivity contribution in [3.63, 3.8) is 0 Å². The number of hydrogen-bond donors (Lipinski definition) is 0. The Labute approximate surface area is 169 Å². The normalized spacial score (nSPS) is 18.4. The number of rotatable bonds is 6. The molecule has 0 saturated heterocycles. The molecule has 0 N–H and O–H groups in total. The van der Waals surface area contributed by atoms with Gasteiger partial charge in [0, 0.05) is 0 Å². The van der Waals surface area contributed by atoms with Gasteiger partial charge in [0.25, 0.3) is 4.32 Å². The van der Waals surface area contributed by atoms with Gasteiger partial charge in [-0.15, -0.1) is 4.59 Å². The third-order valence-electron chi connectivity index (χ3n) is 3.77. The maximum atomic E-state index is 12.3. The number of thiocarbonyl (C=S) groups is 1. The Morgan fingerprint density at radius 1 is 1.11 bits per heavy atom. The van der Waals surface area contributed by atoms with Gasteiger partial charge in [-0.05, 0) is 62.1 Å². The Kier molecular flexibility index (Phi) is 7.58. The van der Waals surface area contributed by atoms with Gasteiger partial charge < -0.3 is 9.47 Å². The van der Waals surface area contributed by atoms with Crippen molar-refractivity contribution >= 4 is 45.9 Å². The average molecular weight is 408 g/mol. The van der Waals surface area contributed by atoms with Crippen LogP contribution in [0.2, 0.25) is 0 Å². The van der Waals surface area contributed by atoms with E-state index in [4.69, 9.17) is 21.7 Å². The molecule has 1 aliphatic heterocycles. The molecule has 0 aromatic heterocycles. The monoisotopic (exact) mass is 407 g/mol. The first kappa shape index (κ1) is 21.1. The lowest BCUT2D eigenvalue weighted by Gasteiger charge is -2.39. The van der Waals surface area contributed by atoms with E-state index in [1.54, 1.807) is 13.8 Å². The summed E-state index contributed by atoms with van der Waals surface area (Å²) >= 11 is 6.61. The van der Waals surface area contributed by atoms with E-state index in [0.29, 0.717) is 4.32 Å². The third-order valence-corrected chi connectivity index (χ3v) is 5.62. The minimum absolute atomic E-state index is 0.0931. The predicted octanol–water partition coefficient (Wildman–Crippen LogP) is 3.41. The fourth-order valence-corrected chi connectivity index (χ4v) is 3.78. The molecule has 0 saturated carbocycles. The van der Waals surface area contributed by atoms with Gasteiger partial charge >= 0.3 is 11.9 Å². The van der Waals surface area contributed by atoms with Crippen LogP contribution >= 0.6 is 24.0 Å². The first-order valence-electron chi connectivity index (χ1n) is 8.55. The summed E-state index contributed by atoms with van der Waals surface area (Å²) in [5, 5.41) is 0.784. The van der Waals surface area contributed by atoms with Crippen LogP contribution in [0.3, 0.4) is 0 Å². The maximum Gasteiger partial charge on any atom is 0.331 e. The molecule has 0 amide bonds. The zero-order chi connectivity index (χ0) is 19.9. The van der Waals surface area contributed by atoms with E-state index in [9.17, 15) is 9.59 Å². The summed E-state index contributed by atoms with van der Waals surface area (Å²) < 4.78 is 10.6. The van der Waals surface area contributed by atoms with E-state index >= 15 is 0 Å². The number of anilines is 1. The number of carbonyl (C=O) groups is 2. The molecule has 1 aliphatic rings.